The lowest BCUT2D eigenvalue weighted by molar-refractivity contribution is 0.0951. The van der Waals surface area contributed by atoms with Crippen molar-refractivity contribution in [1.29, 1.82) is 0 Å². The summed E-state index contributed by atoms with van der Waals surface area (Å²) in [5, 5.41) is 2.44. The number of sulfone groups is 1. The quantitative estimate of drug-likeness (QED) is 0.719. The molecule has 3 N–H and O–H groups in total. The summed E-state index contributed by atoms with van der Waals surface area (Å²) < 4.78 is 41.2. The predicted molar refractivity (Wildman–Crippen MR) is 77.6 cm³/mol. The van der Waals surface area contributed by atoms with Crippen molar-refractivity contribution in [3.8, 4) is 5.75 Å². The SMILES string of the molecule is CCS(=O)(=O)CCNC(=O)c1cc(F)ccc1OCCN. The summed E-state index contributed by atoms with van der Waals surface area (Å²) >= 11 is 0. The predicted octanol–water partition coefficient (Wildman–Crippen LogP) is 0.328. The smallest absolute Gasteiger partial charge is 0.255 e. The van der Waals surface area contributed by atoms with Crippen LogP contribution in [0.2, 0.25) is 0 Å². The molecule has 0 aliphatic carbocycles. The van der Waals surface area contributed by atoms with Gasteiger partial charge in [-0.15, -0.1) is 0 Å². The van der Waals surface area contributed by atoms with Crippen LogP contribution in [0.3, 0.4) is 0 Å². The second-order valence-corrected chi connectivity index (χ2v) is 6.74. The van der Waals surface area contributed by atoms with E-state index in [1.54, 1.807) is 0 Å². The minimum absolute atomic E-state index is 0.00764. The number of amides is 1. The van der Waals surface area contributed by atoms with Crippen molar-refractivity contribution in [2.24, 2.45) is 5.73 Å². The fourth-order valence-electron chi connectivity index (χ4n) is 1.53. The first-order valence-electron chi connectivity index (χ1n) is 6.50. The molecule has 8 heteroatoms. The lowest BCUT2D eigenvalue weighted by atomic mass is 10.2. The summed E-state index contributed by atoms with van der Waals surface area (Å²) in [5.41, 5.74) is 5.32. The Kier molecular flexibility index (Phi) is 6.57. The van der Waals surface area contributed by atoms with E-state index in [-0.39, 0.29) is 42.5 Å². The van der Waals surface area contributed by atoms with Gasteiger partial charge in [-0.05, 0) is 18.2 Å². The number of benzene rings is 1. The number of rotatable bonds is 8. The molecule has 0 aromatic heterocycles. The van der Waals surface area contributed by atoms with Crippen molar-refractivity contribution in [3.63, 3.8) is 0 Å². The zero-order valence-corrected chi connectivity index (χ0v) is 12.6. The van der Waals surface area contributed by atoms with Gasteiger partial charge in [0.25, 0.3) is 5.91 Å². The van der Waals surface area contributed by atoms with Crippen LogP contribution in [-0.4, -0.2) is 45.5 Å². The largest absolute Gasteiger partial charge is 0.491 e. The Hall–Kier alpha value is -1.67. The zero-order chi connectivity index (χ0) is 15.9. The molecule has 0 saturated carbocycles. The van der Waals surface area contributed by atoms with Crippen LogP contribution >= 0.6 is 0 Å². The summed E-state index contributed by atoms with van der Waals surface area (Å²) in [4.78, 5) is 12.0. The number of halogens is 1. The molecule has 0 aliphatic rings. The van der Waals surface area contributed by atoms with E-state index in [0.29, 0.717) is 0 Å². The highest BCUT2D eigenvalue weighted by atomic mass is 32.2. The van der Waals surface area contributed by atoms with E-state index >= 15 is 0 Å². The van der Waals surface area contributed by atoms with Crippen molar-refractivity contribution >= 4 is 15.7 Å². The second kappa shape index (κ2) is 7.94. The summed E-state index contributed by atoms with van der Waals surface area (Å²) in [6.07, 6.45) is 0. The second-order valence-electron chi connectivity index (χ2n) is 4.27. The minimum atomic E-state index is -3.17. The lowest BCUT2D eigenvalue weighted by Gasteiger charge is -2.11. The molecular formula is C13H19FN2O4S. The van der Waals surface area contributed by atoms with Gasteiger partial charge in [0.05, 0.1) is 11.3 Å². The third kappa shape index (κ3) is 5.68. The van der Waals surface area contributed by atoms with E-state index in [1.807, 2.05) is 0 Å². The van der Waals surface area contributed by atoms with Crippen LogP contribution in [0.15, 0.2) is 18.2 Å². The normalized spacial score (nSPS) is 11.2. The Morgan fingerprint density at radius 1 is 1.43 bits per heavy atom. The monoisotopic (exact) mass is 318 g/mol. The van der Waals surface area contributed by atoms with Gasteiger partial charge in [0.15, 0.2) is 9.84 Å². The number of nitrogens with one attached hydrogen (secondary N) is 1. The lowest BCUT2D eigenvalue weighted by Crippen LogP contribution is -2.30. The van der Waals surface area contributed by atoms with Crippen molar-refractivity contribution in [3.05, 3.63) is 29.6 Å². The van der Waals surface area contributed by atoms with E-state index in [9.17, 15) is 17.6 Å². The molecule has 6 nitrogen and oxygen atoms in total. The van der Waals surface area contributed by atoms with Crippen molar-refractivity contribution < 1.29 is 22.3 Å². The molecule has 0 spiro atoms. The maximum absolute atomic E-state index is 13.2. The van der Waals surface area contributed by atoms with Crippen LogP contribution in [0.1, 0.15) is 17.3 Å². The topological polar surface area (TPSA) is 98.5 Å². The molecule has 0 atom stereocenters. The summed E-state index contributed by atoms with van der Waals surface area (Å²) in [6, 6.07) is 3.54. The molecular weight excluding hydrogens is 299 g/mol. The Labute approximate surface area is 123 Å². The van der Waals surface area contributed by atoms with Crippen LogP contribution in [0.5, 0.6) is 5.75 Å². The highest BCUT2D eigenvalue weighted by Crippen LogP contribution is 2.19. The molecule has 0 unspecified atom stereocenters. The molecule has 0 radical (unpaired) electrons. The van der Waals surface area contributed by atoms with Gasteiger partial charge in [-0.2, -0.15) is 0 Å². The Balaban J connectivity index is 2.74. The molecule has 1 amide bonds. The number of carbonyl (C=O) groups is 1. The maximum Gasteiger partial charge on any atom is 0.255 e. The van der Waals surface area contributed by atoms with E-state index in [0.717, 1.165) is 6.07 Å². The van der Waals surface area contributed by atoms with Crippen molar-refractivity contribution in [1.82, 2.24) is 5.32 Å². The van der Waals surface area contributed by atoms with Gasteiger partial charge in [0.1, 0.15) is 18.2 Å². The standard InChI is InChI=1S/C13H19FN2O4S/c1-2-21(18,19)8-6-16-13(17)11-9-10(14)3-4-12(11)20-7-5-15/h3-4,9H,2,5-8,15H2,1H3,(H,16,17). The molecule has 0 saturated heterocycles. The molecule has 21 heavy (non-hydrogen) atoms. The molecule has 0 aliphatic heterocycles. The zero-order valence-electron chi connectivity index (χ0n) is 11.8. The van der Waals surface area contributed by atoms with Gasteiger partial charge >= 0.3 is 0 Å². The highest BCUT2D eigenvalue weighted by Gasteiger charge is 2.15. The molecule has 1 aromatic rings. The number of hydrogen-bond donors (Lipinski definition) is 2. The molecule has 1 aromatic carbocycles. The summed E-state index contributed by atoms with van der Waals surface area (Å²) in [5.74, 6) is -1.12. The van der Waals surface area contributed by atoms with Crippen LogP contribution < -0.4 is 15.8 Å². The van der Waals surface area contributed by atoms with E-state index in [4.69, 9.17) is 10.5 Å². The summed E-state index contributed by atoms with van der Waals surface area (Å²) in [7, 11) is -3.17. The molecule has 1 rings (SSSR count). The Bertz CT molecular complexity index is 590. The fourth-order valence-corrected chi connectivity index (χ4v) is 2.24. The Morgan fingerprint density at radius 2 is 2.14 bits per heavy atom. The first-order valence-corrected chi connectivity index (χ1v) is 8.32. The summed E-state index contributed by atoms with van der Waals surface area (Å²) in [6.45, 7) is 1.94. The van der Waals surface area contributed by atoms with Gasteiger partial charge in [0, 0.05) is 18.8 Å². The number of nitrogens with two attached hydrogens (primary N) is 1. The molecule has 118 valence electrons. The van der Waals surface area contributed by atoms with Gasteiger partial charge < -0.3 is 15.8 Å². The van der Waals surface area contributed by atoms with Gasteiger partial charge in [-0.1, -0.05) is 6.92 Å². The number of ether oxygens (including phenoxy) is 1. The van der Waals surface area contributed by atoms with E-state index < -0.39 is 21.6 Å². The highest BCUT2D eigenvalue weighted by molar-refractivity contribution is 7.91. The van der Waals surface area contributed by atoms with Gasteiger partial charge in [-0.3, -0.25) is 4.79 Å². The average molecular weight is 318 g/mol. The fraction of sp³-hybridized carbons (Fsp3) is 0.462. The number of carbonyl (C=O) groups excluding carboxylic acids is 1. The van der Waals surface area contributed by atoms with Crippen LogP contribution in [0, 0.1) is 5.82 Å². The van der Waals surface area contributed by atoms with Gasteiger partial charge in [-0.25, -0.2) is 12.8 Å². The first kappa shape index (κ1) is 17.4. The van der Waals surface area contributed by atoms with Crippen LogP contribution in [0.25, 0.3) is 0 Å². The van der Waals surface area contributed by atoms with Crippen molar-refractivity contribution in [2.45, 2.75) is 6.92 Å². The van der Waals surface area contributed by atoms with E-state index in [2.05, 4.69) is 5.32 Å². The molecule has 0 bridgehead atoms. The average Bonchev–Trinajstić information content (AvgIpc) is 2.45. The van der Waals surface area contributed by atoms with Gasteiger partial charge in [0.2, 0.25) is 0 Å². The van der Waals surface area contributed by atoms with Crippen LogP contribution in [-0.2, 0) is 9.84 Å². The Morgan fingerprint density at radius 3 is 2.76 bits per heavy atom. The first-order chi connectivity index (χ1) is 9.89. The van der Waals surface area contributed by atoms with E-state index in [1.165, 1.54) is 19.1 Å². The minimum Gasteiger partial charge on any atom is -0.491 e. The van der Waals surface area contributed by atoms with Crippen LogP contribution in [0.4, 0.5) is 4.39 Å². The third-order valence-corrected chi connectivity index (χ3v) is 4.41. The molecule has 0 fully saturated rings. The third-order valence-electron chi connectivity index (χ3n) is 2.70. The van der Waals surface area contributed by atoms with Crippen molar-refractivity contribution in [2.75, 3.05) is 31.2 Å². The molecule has 0 heterocycles. The maximum atomic E-state index is 13.2. The number of hydrogen-bond acceptors (Lipinski definition) is 5.